The first-order valence-electron chi connectivity index (χ1n) is 11.1. The third-order valence-corrected chi connectivity index (χ3v) is 8.45. The van der Waals surface area contributed by atoms with Gasteiger partial charge in [-0.05, 0) is 81.3 Å². The molecule has 4 nitrogen and oxygen atoms in total. The van der Waals surface area contributed by atoms with Gasteiger partial charge in [-0.1, -0.05) is 25.3 Å². The van der Waals surface area contributed by atoms with Gasteiger partial charge in [0.2, 0.25) is 0 Å². The van der Waals surface area contributed by atoms with Gasteiger partial charge in [-0.25, -0.2) is 4.98 Å². The molecule has 0 spiro atoms. The molecule has 0 radical (unpaired) electrons. The van der Waals surface area contributed by atoms with Gasteiger partial charge in [-0.2, -0.15) is 0 Å². The van der Waals surface area contributed by atoms with Crippen molar-refractivity contribution >= 4 is 5.82 Å². The summed E-state index contributed by atoms with van der Waals surface area (Å²) in [7, 11) is 0. The second kappa shape index (κ2) is 6.45. The van der Waals surface area contributed by atoms with Crippen LogP contribution in [0.15, 0.2) is 18.3 Å². The normalized spacial score (nSPS) is 46.4. The molecule has 5 fully saturated rings. The smallest absolute Gasteiger partial charge is 0.123 e. The summed E-state index contributed by atoms with van der Waals surface area (Å²) in [5.74, 6) is 3.40. The molecule has 0 aromatic carbocycles. The molecule has 1 aromatic heterocycles. The van der Waals surface area contributed by atoms with Crippen molar-refractivity contribution in [1.29, 1.82) is 0 Å². The average Bonchev–Trinajstić information content (AvgIpc) is 2.63. The average molecular weight is 370 g/mol. The maximum atomic E-state index is 7.05. The summed E-state index contributed by atoms with van der Waals surface area (Å²) in [6.07, 6.45) is 14.6. The first-order chi connectivity index (χ1) is 13.0. The summed E-state index contributed by atoms with van der Waals surface area (Å²) in [4.78, 5) is 4.28. The van der Waals surface area contributed by atoms with Crippen LogP contribution in [0.5, 0.6) is 0 Å². The lowest BCUT2D eigenvalue weighted by Gasteiger charge is -2.66. The Balaban J connectivity index is 1.35. The molecule has 27 heavy (non-hydrogen) atoms. The van der Waals surface area contributed by atoms with E-state index in [2.05, 4.69) is 18.0 Å². The topological polar surface area (TPSA) is 74.2 Å². The van der Waals surface area contributed by atoms with Crippen LogP contribution >= 0.6 is 0 Å². The van der Waals surface area contributed by atoms with E-state index in [9.17, 15) is 0 Å². The molecule has 3 heterocycles. The van der Waals surface area contributed by atoms with Crippen LogP contribution in [0.3, 0.4) is 0 Å². The molecule has 148 valence electrons. The zero-order valence-electron chi connectivity index (χ0n) is 16.7. The molecule has 7 atom stereocenters. The second-order valence-electron chi connectivity index (χ2n) is 10.3. The highest BCUT2D eigenvalue weighted by molar-refractivity contribution is 5.29. The molecule has 3 aliphatic carbocycles. The van der Waals surface area contributed by atoms with E-state index >= 15 is 0 Å². The summed E-state index contributed by atoms with van der Waals surface area (Å²) in [5.41, 5.74) is 13.9. The van der Waals surface area contributed by atoms with Crippen molar-refractivity contribution in [3.63, 3.8) is 0 Å². The Morgan fingerprint density at radius 1 is 1.19 bits per heavy atom. The number of ether oxygens (including phenoxy) is 1. The van der Waals surface area contributed by atoms with Gasteiger partial charge >= 0.3 is 0 Å². The Bertz CT molecular complexity index is 691. The third-order valence-electron chi connectivity index (χ3n) is 8.45. The van der Waals surface area contributed by atoms with Crippen LogP contribution in [0.4, 0.5) is 5.82 Å². The highest BCUT2D eigenvalue weighted by atomic mass is 16.5. The Labute approximate surface area is 163 Å². The van der Waals surface area contributed by atoms with E-state index in [4.69, 9.17) is 16.2 Å². The number of nitrogen functional groups attached to an aromatic ring is 1. The number of hydrogen-bond donors (Lipinski definition) is 2. The number of fused-ring (bicyclic) bond motifs is 1. The molecule has 6 rings (SSSR count). The molecule has 1 aromatic rings. The second-order valence-corrected chi connectivity index (χ2v) is 10.3. The summed E-state index contributed by atoms with van der Waals surface area (Å²) >= 11 is 0. The SMILES string of the molecule is CC12CCCC3CC(C4CCCC(Cc5ccc(N)nc5)C4)(CC(N)C31)O2. The van der Waals surface area contributed by atoms with Crippen molar-refractivity contribution in [1.82, 2.24) is 4.98 Å². The standard InChI is InChI=1S/C23H35N3O/c1-22-9-3-5-17-12-23(27-22,13-19(24)21(17)22)18-6-2-4-15(11-18)10-16-7-8-20(25)26-14-16/h7-8,14-15,17-19,21H,2-6,9-13,24H2,1H3,(H2,25,26). The van der Waals surface area contributed by atoms with Crippen molar-refractivity contribution in [2.24, 2.45) is 29.4 Å². The number of hydrogen-bond acceptors (Lipinski definition) is 4. The predicted molar refractivity (Wildman–Crippen MR) is 108 cm³/mol. The maximum Gasteiger partial charge on any atom is 0.123 e. The number of pyridine rings is 1. The summed E-state index contributed by atoms with van der Waals surface area (Å²) in [6, 6.07) is 4.42. The Morgan fingerprint density at radius 3 is 2.85 bits per heavy atom. The summed E-state index contributed by atoms with van der Waals surface area (Å²) < 4.78 is 7.05. The third kappa shape index (κ3) is 3.00. The van der Waals surface area contributed by atoms with E-state index in [1.54, 1.807) is 0 Å². The zero-order valence-corrected chi connectivity index (χ0v) is 16.7. The van der Waals surface area contributed by atoms with Crippen LogP contribution in [-0.4, -0.2) is 22.2 Å². The lowest BCUT2D eigenvalue weighted by atomic mass is 9.51. The minimum Gasteiger partial charge on any atom is -0.384 e. The number of nitrogens with two attached hydrogens (primary N) is 2. The molecule has 4 bridgehead atoms. The number of nitrogens with zero attached hydrogens (tertiary/aromatic N) is 1. The molecule has 4 N–H and O–H groups in total. The van der Waals surface area contributed by atoms with Crippen LogP contribution in [0, 0.1) is 23.7 Å². The first kappa shape index (κ1) is 17.9. The highest BCUT2D eigenvalue weighted by Gasteiger charge is 2.63. The van der Waals surface area contributed by atoms with Crippen LogP contribution in [0.25, 0.3) is 0 Å². The number of aromatic nitrogens is 1. The summed E-state index contributed by atoms with van der Waals surface area (Å²) in [6.45, 7) is 2.37. The van der Waals surface area contributed by atoms with E-state index in [0.717, 1.165) is 24.7 Å². The first-order valence-corrected chi connectivity index (χ1v) is 11.1. The van der Waals surface area contributed by atoms with E-state index < -0.39 is 0 Å². The maximum absolute atomic E-state index is 7.05. The van der Waals surface area contributed by atoms with Gasteiger partial charge in [-0.3, -0.25) is 0 Å². The monoisotopic (exact) mass is 369 g/mol. The van der Waals surface area contributed by atoms with Crippen molar-refractivity contribution in [3.8, 4) is 0 Å². The van der Waals surface area contributed by atoms with Gasteiger partial charge in [0.05, 0.1) is 11.2 Å². The van der Waals surface area contributed by atoms with Crippen molar-refractivity contribution in [2.75, 3.05) is 5.73 Å². The van der Waals surface area contributed by atoms with Crippen molar-refractivity contribution < 1.29 is 4.74 Å². The van der Waals surface area contributed by atoms with Crippen LogP contribution in [-0.2, 0) is 11.2 Å². The van der Waals surface area contributed by atoms with Crippen LogP contribution in [0.2, 0.25) is 0 Å². The van der Waals surface area contributed by atoms with Crippen LogP contribution < -0.4 is 11.5 Å². The van der Waals surface area contributed by atoms with Gasteiger partial charge in [0, 0.05) is 18.2 Å². The minimum atomic E-state index is 0.0344. The molecular weight excluding hydrogens is 334 g/mol. The van der Waals surface area contributed by atoms with Crippen LogP contribution in [0.1, 0.15) is 70.3 Å². The Hall–Kier alpha value is -1.13. The fourth-order valence-electron chi connectivity index (χ4n) is 7.57. The molecular formula is C23H35N3O. The van der Waals surface area contributed by atoms with E-state index in [1.807, 2.05) is 12.3 Å². The van der Waals surface area contributed by atoms with Crippen molar-refractivity contribution in [3.05, 3.63) is 23.9 Å². The molecule has 3 saturated carbocycles. The van der Waals surface area contributed by atoms with E-state index in [1.165, 1.54) is 56.9 Å². The fourth-order valence-corrected chi connectivity index (χ4v) is 7.57. The molecule has 0 amide bonds. The number of anilines is 1. The highest BCUT2D eigenvalue weighted by Crippen LogP contribution is 2.61. The lowest BCUT2D eigenvalue weighted by molar-refractivity contribution is -0.306. The molecule has 2 aliphatic heterocycles. The zero-order chi connectivity index (χ0) is 18.6. The van der Waals surface area contributed by atoms with Gasteiger partial charge in [-0.15, -0.1) is 0 Å². The lowest BCUT2D eigenvalue weighted by Crippen LogP contribution is -2.71. The van der Waals surface area contributed by atoms with Gasteiger partial charge in [0.25, 0.3) is 0 Å². The number of rotatable bonds is 3. The molecule has 5 aliphatic rings. The largest absolute Gasteiger partial charge is 0.384 e. The minimum absolute atomic E-state index is 0.0344. The van der Waals surface area contributed by atoms with Crippen molar-refractivity contribution in [2.45, 2.75) is 88.4 Å². The summed E-state index contributed by atoms with van der Waals surface area (Å²) in [5, 5.41) is 0. The Morgan fingerprint density at radius 2 is 2.07 bits per heavy atom. The molecule has 4 heteroatoms. The van der Waals surface area contributed by atoms with Gasteiger partial charge < -0.3 is 16.2 Å². The fraction of sp³-hybridized carbons (Fsp3) is 0.783. The Kier molecular flexibility index (Phi) is 4.28. The molecule has 2 saturated heterocycles. The predicted octanol–water partition coefficient (Wildman–Crippen LogP) is 4.08. The van der Waals surface area contributed by atoms with E-state index in [-0.39, 0.29) is 11.2 Å². The van der Waals surface area contributed by atoms with E-state index in [0.29, 0.717) is 23.7 Å². The molecule has 7 unspecified atom stereocenters. The quantitative estimate of drug-likeness (QED) is 0.842. The van der Waals surface area contributed by atoms with Gasteiger partial charge in [0.1, 0.15) is 5.82 Å². The van der Waals surface area contributed by atoms with Gasteiger partial charge in [0.15, 0.2) is 0 Å².